The van der Waals surface area contributed by atoms with E-state index < -0.39 is 5.97 Å². The molecule has 0 radical (unpaired) electrons. The number of carboxylic acid groups (broad SMARTS) is 1. The molecule has 0 rings (SSSR count). The number of Topliss-reactive ketones (excluding diaryl/α,β-unsaturated/α-hetero) is 1. The SMILES string of the molecule is CCC(=O)CCCCCCCCCCCCCCCC(=O)O. The van der Waals surface area contributed by atoms with Crippen LogP contribution in [0.5, 0.6) is 0 Å². The van der Waals surface area contributed by atoms with Crippen molar-refractivity contribution in [3.05, 3.63) is 0 Å². The predicted molar refractivity (Wildman–Crippen MR) is 92.2 cm³/mol. The summed E-state index contributed by atoms with van der Waals surface area (Å²) in [7, 11) is 0. The number of carbonyl (C=O) groups is 2. The van der Waals surface area contributed by atoms with Gasteiger partial charge in [0.1, 0.15) is 5.78 Å². The minimum Gasteiger partial charge on any atom is -0.481 e. The summed E-state index contributed by atoms with van der Waals surface area (Å²) in [4.78, 5) is 21.5. The first kappa shape index (κ1) is 21.1. The molecule has 0 heterocycles. The summed E-state index contributed by atoms with van der Waals surface area (Å²) in [6, 6.07) is 0. The van der Waals surface area contributed by atoms with E-state index in [2.05, 4.69) is 0 Å². The minimum absolute atomic E-state index is 0.326. The lowest BCUT2D eigenvalue weighted by atomic mass is 10.0. The molecule has 0 unspecified atom stereocenters. The van der Waals surface area contributed by atoms with Crippen LogP contribution in [0.2, 0.25) is 0 Å². The lowest BCUT2D eigenvalue weighted by molar-refractivity contribution is -0.137. The summed E-state index contributed by atoms with van der Waals surface area (Å²) < 4.78 is 0. The molecule has 0 fully saturated rings. The molecule has 130 valence electrons. The highest BCUT2D eigenvalue weighted by Gasteiger charge is 1.98. The Hall–Kier alpha value is -0.860. The van der Waals surface area contributed by atoms with Gasteiger partial charge in [0, 0.05) is 19.3 Å². The number of aliphatic carboxylic acids is 1. The maximum absolute atomic E-state index is 11.1. The highest BCUT2D eigenvalue weighted by molar-refractivity contribution is 5.77. The first-order valence-corrected chi connectivity index (χ1v) is 9.40. The fraction of sp³-hybridized carbons (Fsp3) is 0.895. The van der Waals surface area contributed by atoms with Crippen molar-refractivity contribution in [1.82, 2.24) is 0 Å². The summed E-state index contributed by atoms with van der Waals surface area (Å²) >= 11 is 0. The average Bonchev–Trinajstić information content (AvgIpc) is 2.50. The minimum atomic E-state index is -0.669. The maximum atomic E-state index is 11.1. The van der Waals surface area contributed by atoms with Crippen LogP contribution in [0.3, 0.4) is 0 Å². The van der Waals surface area contributed by atoms with Crippen LogP contribution < -0.4 is 0 Å². The molecule has 1 N–H and O–H groups in total. The van der Waals surface area contributed by atoms with Gasteiger partial charge < -0.3 is 5.11 Å². The van der Waals surface area contributed by atoms with Crippen LogP contribution in [0.4, 0.5) is 0 Å². The lowest BCUT2D eigenvalue weighted by Gasteiger charge is -2.03. The van der Waals surface area contributed by atoms with Crippen LogP contribution in [0, 0.1) is 0 Å². The van der Waals surface area contributed by atoms with Gasteiger partial charge in [0.15, 0.2) is 0 Å². The molecule has 0 aliphatic heterocycles. The van der Waals surface area contributed by atoms with E-state index in [-0.39, 0.29) is 0 Å². The largest absolute Gasteiger partial charge is 0.481 e. The standard InChI is InChI=1S/C19H36O3/c1-2-18(20)16-14-12-10-8-6-4-3-5-7-9-11-13-15-17-19(21)22/h2-17H2,1H3,(H,21,22). The molecule has 0 aliphatic carbocycles. The predicted octanol–water partition coefficient (Wildman–Crippen LogP) is 5.90. The number of carbonyl (C=O) groups excluding carboxylic acids is 1. The third-order valence-corrected chi connectivity index (χ3v) is 4.24. The molecule has 0 aromatic heterocycles. The lowest BCUT2D eigenvalue weighted by Crippen LogP contribution is -1.94. The second kappa shape index (κ2) is 16.5. The number of rotatable bonds is 17. The van der Waals surface area contributed by atoms with Crippen molar-refractivity contribution >= 4 is 11.8 Å². The number of hydrogen-bond donors (Lipinski definition) is 1. The summed E-state index contributed by atoms with van der Waals surface area (Å²) in [5, 5.41) is 8.53. The Balaban J connectivity index is 3.02. The van der Waals surface area contributed by atoms with Gasteiger partial charge in [-0.05, 0) is 12.8 Å². The molecule has 0 aromatic rings. The topological polar surface area (TPSA) is 54.4 Å². The van der Waals surface area contributed by atoms with Crippen molar-refractivity contribution in [2.45, 2.75) is 110 Å². The van der Waals surface area contributed by atoms with E-state index in [0.29, 0.717) is 18.6 Å². The zero-order valence-corrected chi connectivity index (χ0v) is 14.6. The number of unbranched alkanes of at least 4 members (excludes halogenated alkanes) is 12. The molecule has 0 saturated heterocycles. The Labute approximate surface area is 136 Å². The Morgan fingerprint density at radius 2 is 0.909 bits per heavy atom. The zero-order valence-electron chi connectivity index (χ0n) is 14.6. The number of ketones is 1. The van der Waals surface area contributed by atoms with Crippen molar-refractivity contribution in [2.75, 3.05) is 0 Å². The van der Waals surface area contributed by atoms with Gasteiger partial charge in [0.05, 0.1) is 0 Å². The van der Waals surface area contributed by atoms with E-state index >= 15 is 0 Å². The van der Waals surface area contributed by atoms with Gasteiger partial charge in [-0.1, -0.05) is 77.6 Å². The van der Waals surface area contributed by atoms with E-state index in [1.165, 1.54) is 64.2 Å². The first-order valence-electron chi connectivity index (χ1n) is 9.40. The zero-order chi connectivity index (χ0) is 16.5. The molecule has 3 heteroatoms. The molecule has 0 bridgehead atoms. The summed E-state index contributed by atoms with van der Waals surface area (Å²) in [5.41, 5.74) is 0. The molecule has 3 nitrogen and oxygen atoms in total. The molecule has 22 heavy (non-hydrogen) atoms. The normalized spacial score (nSPS) is 10.8. The van der Waals surface area contributed by atoms with Crippen LogP contribution in [0.25, 0.3) is 0 Å². The van der Waals surface area contributed by atoms with Gasteiger partial charge in [-0.15, -0.1) is 0 Å². The molecule has 0 amide bonds. The van der Waals surface area contributed by atoms with Crippen molar-refractivity contribution in [1.29, 1.82) is 0 Å². The van der Waals surface area contributed by atoms with Crippen molar-refractivity contribution in [2.24, 2.45) is 0 Å². The highest BCUT2D eigenvalue weighted by atomic mass is 16.4. The average molecular weight is 312 g/mol. The quantitative estimate of drug-likeness (QED) is 0.340. The number of hydrogen-bond acceptors (Lipinski definition) is 2. The Morgan fingerprint density at radius 3 is 1.23 bits per heavy atom. The number of carboxylic acids is 1. The highest BCUT2D eigenvalue weighted by Crippen LogP contribution is 2.13. The van der Waals surface area contributed by atoms with Crippen LogP contribution in [-0.4, -0.2) is 16.9 Å². The molecule has 0 aliphatic rings. The molecular formula is C19H36O3. The van der Waals surface area contributed by atoms with Crippen molar-refractivity contribution in [3.8, 4) is 0 Å². The summed E-state index contributed by atoms with van der Waals surface area (Å²) in [6.07, 6.45) is 17.6. The van der Waals surface area contributed by atoms with Crippen LogP contribution in [0.1, 0.15) is 110 Å². The Bertz CT molecular complexity index is 274. The first-order chi connectivity index (χ1) is 10.7. The molecule has 0 saturated carbocycles. The molecule has 0 atom stereocenters. The Kier molecular flexibility index (Phi) is 15.9. The van der Waals surface area contributed by atoms with Gasteiger partial charge >= 0.3 is 5.97 Å². The van der Waals surface area contributed by atoms with Crippen LogP contribution in [-0.2, 0) is 9.59 Å². The molecular weight excluding hydrogens is 276 g/mol. The van der Waals surface area contributed by atoms with Crippen molar-refractivity contribution in [3.63, 3.8) is 0 Å². The monoisotopic (exact) mass is 312 g/mol. The fourth-order valence-electron chi connectivity index (χ4n) is 2.72. The molecule has 0 spiro atoms. The third kappa shape index (κ3) is 17.2. The van der Waals surface area contributed by atoms with Gasteiger partial charge in [0.25, 0.3) is 0 Å². The van der Waals surface area contributed by atoms with Crippen LogP contribution in [0.15, 0.2) is 0 Å². The second-order valence-electron chi connectivity index (χ2n) is 6.38. The van der Waals surface area contributed by atoms with Gasteiger partial charge in [-0.25, -0.2) is 0 Å². The second-order valence-corrected chi connectivity index (χ2v) is 6.38. The van der Waals surface area contributed by atoms with Gasteiger partial charge in [-0.3, -0.25) is 9.59 Å². The van der Waals surface area contributed by atoms with Crippen molar-refractivity contribution < 1.29 is 14.7 Å². The van der Waals surface area contributed by atoms with E-state index in [1.807, 2.05) is 6.92 Å². The third-order valence-electron chi connectivity index (χ3n) is 4.24. The molecule has 0 aromatic carbocycles. The van der Waals surface area contributed by atoms with E-state index in [4.69, 9.17) is 5.11 Å². The van der Waals surface area contributed by atoms with E-state index in [9.17, 15) is 9.59 Å². The summed E-state index contributed by atoms with van der Waals surface area (Å²) in [5.74, 6) is -0.264. The van der Waals surface area contributed by atoms with Gasteiger partial charge in [-0.2, -0.15) is 0 Å². The van der Waals surface area contributed by atoms with Crippen LogP contribution >= 0.6 is 0 Å². The van der Waals surface area contributed by atoms with E-state index in [0.717, 1.165) is 25.7 Å². The summed E-state index contributed by atoms with van der Waals surface area (Å²) in [6.45, 7) is 1.94. The smallest absolute Gasteiger partial charge is 0.303 e. The maximum Gasteiger partial charge on any atom is 0.303 e. The van der Waals surface area contributed by atoms with Gasteiger partial charge in [0.2, 0.25) is 0 Å². The van der Waals surface area contributed by atoms with E-state index in [1.54, 1.807) is 0 Å². The fourth-order valence-corrected chi connectivity index (χ4v) is 2.72. The Morgan fingerprint density at radius 1 is 0.591 bits per heavy atom.